The van der Waals surface area contributed by atoms with Crippen molar-refractivity contribution in [2.75, 3.05) is 19.8 Å². The Hall–Kier alpha value is -1.06. The number of amides is 1. The van der Waals surface area contributed by atoms with E-state index in [1.165, 1.54) is 13.8 Å². The van der Waals surface area contributed by atoms with Crippen LogP contribution in [-0.2, 0) is 19.1 Å². The van der Waals surface area contributed by atoms with Crippen molar-refractivity contribution < 1.29 is 34.4 Å². The molecule has 0 rings (SSSR count). The molecule has 0 aliphatic heterocycles. The second-order valence-electron chi connectivity index (χ2n) is 5.84. The fourth-order valence-corrected chi connectivity index (χ4v) is 2.04. The van der Waals surface area contributed by atoms with E-state index in [9.17, 15) is 24.9 Å². The van der Waals surface area contributed by atoms with E-state index >= 15 is 0 Å². The molecule has 0 fully saturated rings. The Morgan fingerprint density at radius 3 is 2.21 bits per heavy atom. The maximum atomic E-state index is 11.2. The number of hydrogen-bond donors (Lipinski definition) is 4. The Labute approximate surface area is 143 Å². The molecule has 4 atom stereocenters. The first kappa shape index (κ1) is 22.9. The smallest absolute Gasteiger partial charge is 0.217 e. The van der Waals surface area contributed by atoms with Crippen LogP contribution in [0.15, 0.2) is 0 Å². The first-order valence-electron chi connectivity index (χ1n) is 8.25. The van der Waals surface area contributed by atoms with E-state index in [0.29, 0.717) is 19.4 Å². The van der Waals surface area contributed by atoms with Crippen LogP contribution in [0.3, 0.4) is 0 Å². The van der Waals surface area contributed by atoms with Gasteiger partial charge in [-0.15, -0.1) is 0 Å². The first-order valence-corrected chi connectivity index (χ1v) is 8.25. The molecule has 0 aliphatic carbocycles. The summed E-state index contributed by atoms with van der Waals surface area (Å²) in [5.74, 6) is -0.212. The van der Waals surface area contributed by atoms with Gasteiger partial charge in [-0.2, -0.15) is 0 Å². The summed E-state index contributed by atoms with van der Waals surface area (Å²) in [7, 11) is 0. The van der Waals surface area contributed by atoms with Crippen LogP contribution in [0.2, 0.25) is 0 Å². The molecule has 0 saturated heterocycles. The lowest BCUT2D eigenvalue weighted by molar-refractivity contribution is -0.214. The van der Waals surface area contributed by atoms with E-state index in [0.717, 1.165) is 12.8 Å². The summed E-state index contributed by atoms with van der Waals surface area (Å²) in [4.78, 5) is 22.1. The van der Waals surface area contributed by atoms with Gasteiger partial charge < -0.3 is 34.9 Å². The fourth-order valence-electron chi connectivity index (χ4n) is 2.04. The van der Waals surface area contributed by atoms with Crippen molar-refractivity contribution >= 4 is 11.7 Å². The molecule has 0 aromatic heterocycles. The molecule has 1 amide bonds. The van der Waals surface area contributed by atoms with Gasteiger partial charge >= 0.3 is 0 Å². The minimum atomic E-state index is -1.00. The number of rotatable bonds is 14. The normalized spacial score (nSPS) is 16.2. The number of ketones is 1. The van der Waals surface area contributed by atoms with Gasteiger partial charge in [-0.1, -0.05) is 6.42 Å². The molecule has 0 spiro atoms. The van der Waals surface area contributed by atoms with Crippen LogP contribution in [0.1, 0.15) is 46.5 Å². The predicted octanol–water partition coefficient (Wildman–Crippen LogP) is -0.266. The van der Waals surface area contributed by atoms with Crippen molar-refractivity contribution in [1.29, 1.82) is 0 Å². The van der Waals surface area contributed by atoms with Gasteiger partial charge in [0.15, 0.2) is 6.29 Å². The van der Waals surface area contributed by atoms with Crippen LogP contribution >= 0.6 is 0 Å². The third-order valence-corrected chi connectivity index (χ3v) is 3.40. The number of Topliss-reactive ketones (excluding diaryl/α,β-unsaturated/α-hetero) is 1. The van der Waals surface area contributed by atoms with Crippen LogP contribution in [0.5, 0.6) is 0 Å². The third-order valence-electron chi connectivity index (χ3n) is 3.40. The summed E-state index contributed by atoms with van der Waals surface area (Å²) >= 11 is 0. The molecular weight excluding hydrogens is 318 g/mol. The molecule has 8 heteroatoms. The molecular formula is C16H31NO7. The van der Waals surface area contributed by atoms with Crippen LogP contribution in [0, 0.1) is 0 Å². The minimum Gasteiger partial charge on any atom is -0.394 e. The van der Waals surface area contributed by atoms with Crippen LogP contribution in [0.25, 0.3) is 0 Å². The SMILES string of the molecule is CC(=O)CCCCCOC(OC(CO)[C@@H](C)O)[C@H](CO)NC(C)=O. The molecule has 4 N–H and O–H groups in total. The van der Waals surface area contributed by atoms with Gasteiger partial charge in [-0.05, 0) is 26.7 Å². The molecule has 0 radical (unpaired) electrons. The molecule has 2 unspecified atom stereocenters. The van der Waals surface area contributed by atoms with E-state index in [2.05, 4.69) is 5.32 Å². The van der Waals surface area contributed by atoms with Gasteiger partial charge in [0.2, 0.25) is 5.91 Å². The number of carbonyl (C=O) groups excluding carboxylic acids is 2. The average Bonchev–Trinajstić information content (AvgIpc) is 2.50. The molecule has 0 heterocycles. The molecule has 0 aliphatic rings. The Kier molecular flexibility index (Phi) is 12.7. The van der Waals surface area contributed by atoms with E-state index in [1.807, 2.05) is 0 Å². The lowest BCUT2D eigenvalue weighted by atomic mass is 10.1. The number of unbranched alkanes of at least 4 members (excludes halogenated alkanes) is 2. The summed E-state index contributed by atoms with van der Waals surface area (Å²) in [6.45, 7) is 3.79. The number of aliphatic hydroxyl groups excluding tert-OH is 3. The number of hydrogen-bond acceptors (Lipinski definition) is 7. The van der Waals surface area contributed by atoms with Crippen molar-refractivity contribution in [2.24, 2.45) is 0 Å². The number of carbonyl (C=O) groups is 2. The molecule has 142 valence electrons. The Morgan fingerprint density at radius 2 is 1.75 bits per heavy atom. The van der Waals surface area contributed by atoms with Crippen molar-refractivity contribution in [1.82, 2.24) is 5.32 Å². The summed E-state index contributed by atoms with van der Waals surface area (Å²) < 4.78 is 11.1. The second kappa shape index (κ2) is 13.3. The first-order chi connectivity index (χ1) is 11.3. The maximum absolute atomic E-state index is 11.2. The zero-order chi connectivity index (χ0) is 18.5. The van der Waals surface area contributed by atoms with Crippen LogP contribution < -0.4 is 5.32 Å². The van der Waals surface area contributed by atoms with Crippen molar-refractivity contribution in [3.05, 3.63) is 0 Å². The molecule has 0 aromatic carbocycles. The predicted molar refractivity (Wildman–Crippen MR) is 87.2 cm³/mol. The topological polar surface area (TPSA) is 125 Å². The lowest BCUT2D eigenvalue weighted by Gasteiger charge is -2.30. The van der Waals surface area contributed by atoms with Crippen LogP contribution in [-0.4, -0.2) is 71.4 Å². The standard InChI is InChI=1S/C16H31NO7/c1-11(20)7-5-4-6-8-23-16(14(9-18)17-13(3)22)24-15(10-19)12(2)21/h12,14-16,18-19,21H,4-10H2,1-3H3,(H,17,22)/t12-,14+,15?,16?/m1/s1. The van der Waals surface area contributed by atoms with Gasteiger partial charge in [0.25, 0.3) is 0 Å². The van der Waals surface area contributed by atoms with Gasteiger partial charge in [0.05, 0.1) is 19.3 Å². The van der Waals surface area contributed by atoms with Crippen molar-refractivity contribution in [3.8, 4) is 0 Å². The molecule has 8 nitrogen and oxygen atoms in total. The van der Waals surface area contributed by atoms with E-state index in [4.69, 9.17) is 9.47 Å². The molecule has 0 saturated carbocycles. The van der Waals surface area contributed by atoms with Gasteiger partial charge in [0, 0.05) is 20.0 Å². The average molecular weight is 349 g/mol. The zero-order valence-electron chi connectivity index (χ0n) is 14.7. The third kappa shape index (κ3) is 10.7. The van der Waals surface area contributed by atoms with Crippen molar-refractivity contribution in [3.63, 3.8) is 0 Å². The number of nitrogens with one attached hydrogen (secondary N) is 1. The second-order valence-corrected chi connectivity index (χ2v) is 5.84. The Bertz CT molecular complexity index is 362. The Morgan fingerprint density at radius 1 is 1.08 bits per heavy atom. The Balaban J connectivity index is 4.55. The fraction of sp³-hybridized carbons (Fsp3) is 0.875. The highest BCUT2D eigenvalue weighted by atomic mass is 16.7. The van der Waals surface area contributed by atoms with Crippen molar-refractivity contribution in [2.45, 2.75) is 71.0 Å². The highest BCUT2D eigenvalue weighted by Gasteiger charge is 2.28. The quantitative estimate of drug-likeness (QED) is 0.251. The van der Waals surface area contributed by atoms with Gasteiger partial charge in [0.1, 0.15) is 17.9 Å². The van der Waals surface area contributed by atoms with E-state index in [-0.39, 0.29) is 11.7 Å². The van der Waals surface area contributed by atoms with Gasteiger partial charge in [-0.25, -0.2) is 0 Å². The zero-order valence-corrected chi connectivity index (χ0v) is 14.7. The maximum Gasteiger partial charge on any atom is 0.217 e. The lowest BCUT2D eigenvalue weighted by Crippen LogP contribution is -2.50. The largest absolute Gasteiger partial charge is 0.394 e. The monoisotopic (exact) mass is 349 g/mol. The van der Waals surface area contributed by atoms with Gasteiger partial charge in [-0.3, -0.25) is 4.79 Å². The van der Waals surface area contributed by atoms with Crippen LogP contribution in [0.4, 0.5) is 0 Å². The number of aliphatic hydroxyl groups is 3. The summed E-state index contributed by atoms with van der Waals surface area (Å²) in [6.07, 6.45) is -0.0476. The molecule has 24 heavy (non-hydrogen) atoms. The highest BCUT2D eigenvalue weighted by molar-refractivity contribution is 5.75. The molecule has 0 bridgehead atoms. The summed E-state index contributed by atoms with van der Waals surface area (Å²) in [6, 6.07) is -0.812. The molecule has 0 aromatic rings. The summed E-state index contributed by atoms with van der Waals surface area (Å²) in [5.41, 5.74) is 0. The minimum absolute atomic E-state index is 0.144. The summed E-state index contributed by atoms with van der Waals surface area (Å²) in [5, 5.41) is 30.8. The highest BCUT2D eigenvalue weighted by Crippen LogP contribution is 2.11. The number of ether oxygens (including phenoxy) is 2. The van der Waals surface area contributed by atoms with E-state index < -0.39 is 37.8 Å². The van der Waals surface area contributed by atoms with E-state index in [1.54, 1.807) is 6.92 Å².